The van der Waals surface area contributed by atoms with Gasteiger partial charge < -0.3 is 15.8 Å². The van der Waals surface area contributed by atoms with Gasteiger partial charge in [-0.1, -0.05) is 66.7 Å². The monoisotopic (exact) mass is 520 g/mol. The van der Waals surface area contributed by atoms with Crippen molar-refractivity contribution in [3.63, 3.8) is 0 Å². The third-order valence-electron chi connectivity index (χ3n) is 6.73. The Morgan fingerprint density at radius 2 is 1.64 bits per heavy atom. The van der Waals surface area contributed by atoms with E-state index in [1.165, 1.54) is 7.11 Å². The van der Waals surface area contributed by atoms with Crippen molar-refractivity contribution >= 4 is 17.7 Å². The van der Waals surface area contributed by atoms with E-state index in [2.05, 4.69) is 10.3 Å². The SMILES string of the molecule is COC(=O)[C@H](Cc1cccc(C(=N)N)c1)C(CCc1ccccc1)NC(=O)c1ccc(-c2cccnc2)cc1. The van der Waals surface area contributed by atoms with Crippen molar-refractivity contribution in [1.82, 2.24) is 10.3 Å². The van der Waals surface area contributed by atoms with E-state index in [1.807, 2.05) is 66.7 Å². The van der Waals surface area contributed by atoms with Crippen LogP contribution in [0.1, 0.15) is 33.5 Å². The highest BCUT2D eigenvalue weighted by atomic mass is 16.5. The molecule has 198 valence electrons. The maximum Gasteiger partial charge on any atom is 0.311 e. The second-order valence-electron chi connectivity index (χ2n) is 9.37. The molecule has 0 bridgehead atoms. The first-order valence-corrected chi connectivity index (χ1v) is 12.8. The highest BCUT2D eigenvalue weighted by molar-refractivity contribution is 5.96. The summed E-state index contributed by atoms with van der Waals surface area (Å²) in [7, 11) is 1.36. The van der Waals surface area contributed by atoms with E-state index in [-0.39, 0.29) is 11.7 Å². The summed E-state index contributed by atoms with van der Waals surface area (Å²) in [5, 5.41) is 10.9. The first-order valence-electron chi connectivity index (χ1n) is 12.8. The first-order chi connectivity index (χ1) is 18.9. The van der Waals surface area contributed by atoms with Gasteiger partial charge in [-0.3, -0.25) is 20.0 Å². The lowest BCUT2D eigenvalue weighted by Gasteiger charge is -2.27. The summed E-state index contributed by atoms with van der Waals surface area (Å²) >= 11 is 0. The number of hydrogen-bond acceptors (Lipinski definition) is 5. The van der Waals surface area contributed by atoms with Crippen molar-refractivity contribution in [2.24, 2.45) is 11.7 Å². The third-order valence-corrected chi connectivity index (χ3v) is 6.73. The van der Waals surface area contributed by atoms with E-state index in [1.54, 1.807) is 36.7 Å². The molecule has 0 fully saturated rings. The topological polar surface area (TPSA) is 118 Å². The van der Waals surface area contributed by atoms with Crippen LogP contribution in [-0.4, -0.2) is 35.8 Å². The molecular weight excluding hydrogens is 488 g/mol. The lowest BCUT2D eigenvalue weighted by Crippen LogP contribution is -2.45. The van der Waals surface area contributed by atoms with Crippen molar-refractivity contribution in [2.45, 2.75) is 25.3 Å². The van der Waals surface area contributed by atoms with Gasteiger partial charge in [-0.25, -0.2) is 0 Å². The number of nitrogens with zero attached hydrogens (tertiary/aromatic N) is 1. The molecule has 0 aliphatic carbocycles. The molecule has 0 saturated heterocycles. The van der Waals surface area contributed by atoms with Crippen LogP contribution in [0.2, 0.25) is 0 Å². The number of carbonyl (C=O) groups is 2. The second kappa shape index (κ2) is 13.1. The largest absolute Gasteiger partial charge is 0.469 e. The Labute approximate surface area is 228 Å². The maximum atomic E-state index is 13.4. The zero-order chi connectivity index (χ0) is 27.6. The van der Waals surface area contributed by atoms with Crippen molar-refractivity contribution < 1.29 is 14.3 Å². The Bertz CT molecular complexity index is 1410. The predicted molar refractivity (Wildman–Crippen MR) is 152 cm³/mol. The number of methoxy groups -OCH3 is 1. The number of ether oxygens (including phenoxy) is 1. The van der Waals surface area contributed by atoms with Crippen LogP contribution in [0.4, 0.5) is 0 Å². The van der Waals surface area contributed by atoms with Gasteiger partial charge in [0.2, 0.25) is 0 Å². The van der Waals surface area contributed by atoms with Crippen molar-refractivity contribution in [3.05, 3.63) is 126 Å². The summed E-state index contributed by atoms with van der Waals surface area (Å²) in [4.78, 5) is 30.6. The summed E-state index contributed by atoms with van der Waals surface area (Å²) in [6, 6.07) is 27.8. The highest BCUT2D eigenvalue weighted by Crippen LogP contribution is 2.22. The molecule has 0 aliphatic heterocycles. The summed E-state index contributed by atoms with van der Waals surface area (Å²) < 4.78 is 5.18. The fraction of sp³-hybridized carbons (Fsp3) is 0.188. The van der Waals surface area contributed by atoms with Gasteiger partial charge in [0, 0.05) is 29.6 Å². The third kappa shape index (κ3) is 7.38. The number of aromatic nitrogens is 1. The number of aryl methyl sites for hydroxylation is 1. The summed E-state index contributed by atoms with van der Waals surface area (Å²) in [5.74, 6) is -1.36. The number of hydrogen-bond donors (Lipinski definition) is 3. The number of carbonyl (C=O) groups excluding carboxylic acids is 2. The predicted octanol–water partition coefficient (Wildman–Crippen LogP) is 4.80. The number of nitrogen functional groups attached to an aromatic ring is 1. The smallest absolute Gasteiger partial charge is 0.311 e. The van der Waals surface area contributed by atoms with Crippen LogP contribution in [-0.2, 0) is 22.4 Å². The quantitative estimate of drug-likeness (QED) is 0.149. The molecule has 2 atom stereocenters. The van der Waals surface area contributed by atoms with Crippen LogP contribution in [0.15, 0.2) is 103 Å². The molecule has 7 nitrogen and oxygen atoms in total. The van der Waals surface area contributed by atoms with Gasteiger partial charge in [-0.2, -0.15) is 0 Å². The molecule has 1 aromatic heterocycles. The normalized spacial score (nSPS) is 12.2. The van der Waals surface area contributed by atoms with E-state index < -0.39 is 17.9 Å². The van der Waals surface area contributed by atoms with Gasteiger partial charge in [0.05, 0.1) is 13.0 Å². The van der Waals surface area contributed by atoms with E-state index in [0.29, 0.717) is 30.4 Å². The van der Waals surface area contributed by atoms with Crippen LogP contribution in [0.5, 0.6) is 0 Å². The number of nitrogens with one attached hydrogen (secondary N) is 2. The average molecular weight is 521 g/mol. The standard InChI is InChI=1S/C32H32N4O3/c1-39-32(38)28(20-23-9-5-10-26(19-23)30(33)34)29(17-12-22-7-3-2-4-8-22)36-31(37)25-15-13-24(14-16-25)27-11-6-18-35-21-27/h2-11,13-16,18-19,21,28-29H,12,17,20H2,1H3,(H3,33,34)(H,36,37)/t28-,29?/m1/s1. The van der Waals surface area contributed by atoms with Crippen LogP contribution in [0, 0.1) is 11.3 Å². The molecule has 3 aromatic carbocycles. The maximum absolute atomic E-state index is 13.4. The Hall–Kier alpha value is -4.78. The number of rotatable bonds is 11. The summed E-state index contributed by atoms with van der Waals surface area (Å²) in [6.45, 7) is 0. The molecule has 1 unspecified atom stereocenters. The molecule has 0 saturated carbocycles. The van der Waals surface area contributed by atoms with Crippen LogP contribution in [0.25, 0.3) is 11.1 Å². The Morgan fingerprint density at radius 1 is 0.897 bits per heavy atom. The molecule has 39 heavy (non-hydrogen) atoms. The number of nitrogens with two attached hydrogens (primary N) is 1. The molecular formula is C32H32N4O3. The Morgan fingerprint density at radius 3 is 2.31 bits per heavy atom. The number of pyridine rings is 1. The van der Waals surface area contributed by atoms with Crippen molar-refractivity contribution in [1.29, 1.82) is 5.41 Å². The summed E-state index contributed by atoms with van der Waals surface area (Å²) in [5.41, 5.74) is 10.6. The molecule has 0 spiro atoms. The average Bonchev–Trinajstić information content (AvgIpc) is 2.99. The van der Waals surface area contributed by atoms with Gasteiger partial charge in [-0.05, 0) is 65.8 Å². The minimum absolute atomic E-state index is 0.0462. The molecule has 1 heterocycles. The van der Waals surface area contributed by atoms with E-state index in [4.69, 9.17) is 15.9 Å². The zero-order valence-corrected chi connectivity index (χ0v) is 21.8. The molecule has 7 heteroatoms. The minimum atomic E-state index is -0.639. The molecule has 0 radical (unpaired) electrons. The molecule has 0 aliphatic rings. The van der Waals surface area contributed by atoms with Crippen LogP contribution >= 0.6 is 0 Å². The Kier molecular flexibility index (Phi) is 9.19. The number of benzene rings is 3. The van der Waals surface area contributed by atoms with Crippen molar-refractivity contribution in [3.8, 4) is 11.1 Å². The van der Waals surface area contributed by atoms with Gasteiger partial charge >= 0.3 is 5.97 Å². The van der Waals surface area contributed by atoms with Gasteiger partial charge in [-0.15, -0.1) is 0 Å². The van der Waals surface area contributed by atoms with Crippen LogP contribution in [0.3, 0.4) is 0 Å². The second-order valence-corrected chi connectivity index (χ2v) is 9.37. The number of amides is 1. The molecule has 4 N–H and O–H groups in total. The molecule has 1 amide bonds. The lowest BCUT2D eigenvalue weighted by molar-refractivity contribution is -0.146. The van der Waals surface area contributed by atoms with E-state index in [9.17, 15) is 9.59 Å². The summed E-state index contributed by atoms with van der Waals surface area (Å²) in [6.07, 6.45) is 5.03. The van der Waals surface area contributed by atoms with Gasteiger partial charge in [0.15, 0.2) is 0 Å². The Balaban J connectivity index is 1.59. The zero-order valence-electron chi connectivity index (χ0n) is 21.8. The van der Waals surface area contributed by atoms with E-state index in [0.717, 1.165) is 22.3 Å². The number of amidine groups is 1. The number of esters is 1. The van der Waals surface area contributed by atoms with Crippen molar-refractivity contribution in [2.75, 3.05) is 7.11 Å². The fourth-order valence-corrected chi connectivity index (χ4v) is 4.60. The molecule has 4 aromatic rings. The van der Waals surface area contributed by atoms with E-state index >= 15 is 0 Å². The fourth-order valence-electron chi connectivity index (χ4n) is 4.60. The lowest BCUT2D eigenvalue weighted by atomic mass is 9.87. The molecule has 4 rings (SSSR count). The minimum Gasteiger partial charge on any atom is -0.469 e. The van der Waals surface area contributed by atoms with Crippen LogP contribution < -0.4 is 11.1 Å². The first kappa shape index (κ1) is 27.3. The highest BCUT2D eigenvalue weighted by Gasteiger charge is 2.31. The van der Waals surface area contributed by atoms with Gasteiger partial charge in [0.1, 0.15) is 5.84 Å². The van der Waals surface area contributed by atoms with Gasteiger partial charge in [0.25, 0.3) is 5.91 Å².